The number of fused-ring (bicyclic) bond motifs is 1. The molecule has 0 amide bonds. The molecule has 2 atom stereocenters. The lowest BCUT2D eigenvalue weighted by molar-refractivity contribution is 0.157. The van der Waals surface area contributed by atoms with Gasteiger partial charge in [-0.25, -0.2) is 13.2 Å². The van der Waals surface area contributed by atoms with E-state index < -0.39 is 29.6 Å². The van der Waals surface area contributed by atoms with Crippen molar-refractivity contribution in [2.45, 2.75) is 18.6 Å². The molecule has 104 valence electrons. The van der Waals surface area contributed by atoms with Gasteiger partial charge in [0.15, 0.2) is 0 Å². The predicted octanol–water partition coefficient (Wildman–Crippen LogP) is 3.63. The summed E-state index contributed by atoms with van der Waals surface area (Å²) in [7, 11) is 0. The molecule has 0 fully saturated rings. The van der Waals surface area contributed by atoms with Crippen LogP contribution >= 0.6 is 0 Å². The Morgan fingerprint density at radius 3 is 2.40 bits per heavy atom. The van der Waals surface area contributed by atoms with E-state index in [1.807, 2.05) is 0 Å². The quantitative estimate of drug-likeness (QED) is 0.865. The van der Waals surface area contributed by atoms with Crippen LogP contribution in [0, 0.1) is 17.5 Å². The van der Waals surface area contributed by atoms with Crippen LogP contribution in [0.25, 0.3) is 0 Å². The fourth-order valence-electron chi connectivity index (χ4n) is 2.43. The first kappa shape index (κ1) is 13.0. The molecule has 0 spiro atoms. The first-order chi connectivity index (χ1) is 9.54. The SMILES string of the molecule is N[C@@H]1CC(c2ccc(F)cc2F)Oc2ccc(F)cc21. The van der Waals surface area contributed by atoms with Crippen LogP contribution in [-0.4, -0.2) is 0 Å². The zero-order valence-electron chi connectivity index (χ0n) is 10.4. The fraction of sp³-hybridized carbons (Fsp3) is 0.200. The van der Waals surface area contributed by atoms with Crippen LogP contribution in [0.3, 0.4) is 0 Å². The van der Waals surface area contributed by atoms with E-state index in [1.165, 1.54) is 30.3 Å². The smallest absolute Gasteiger partial charge is 0.133 e. The molecule has 3 rings (SSSR count). The Kier molecular flexibility index (Phi) is 3.14. The minimum atomic E-state index is -0.673. The summed E-state index contributed by atoms with van der Waals surface area (Å²) >= 11 is 0. The molecule has 0 saturated heterocycles. The van der Waals surface area contributed by atoms with Gasteiger partial charge < -0.3 is 10.5 Å². The summed E-state index contributed by atoms with van der Waals surface area (Å²) < 4.78 is 45.5. The maximum Gasteiger partial charge on any atom is 0.133 e. The third-order valence-corrected chi connectivity index (χ3v) is 3.42. The molecule has 2 aromatic rings. The van der Waals surface area contributed by atoms with E-state index in [0.29, 0.717) is 17.7 Å². The van der Waals surface area contributed by atoms with Crippen molar-refractivity contribution in [1.29, 1.82) is 0 Å². The number of ether oxygens (including phenoxy) is 1. The topological polar surface area (TPSA) is 35.2 Å². The highest BCUT2D eigenvalue weighted by Gasteiger charge is 2.29. The summed E-state index contributed by atoms with van der Waals surface area (Å²) in [4.78, 5) is 0. The van der Waals surface area contributed by atoms with E-state index in [0.717, 1.165) is 6.07 Å². The van der Waals surface area contributed by atoms with Crippen molar-refractivity contribution in [3.8, 4) is 5.75 Å². The van der Waals surface area contributed by atoms with E-state index in [2.05, 4.69) is 0 Å². The van der Waals surface area contributed by atoms with Gasteiger partial charge in [0.05, 0.1) is 0 Å². The van der Waals surface area contributed by atoms with Crippen molar-refractivity contribution in [3.05, 3.63) is 65.0 Å². The van der Waals surface area contributed by atoms with Crippen LogP contribution in [0.15, 0.2) is 36.4 Å². The standard InChI is InChI=1S/C15H12F3NO/c16-8-2-4-14-11(5-8)13(19)7-15(20-14)10-3-1-9(17)6-12(10)18/h1-6,13,15H,7,19H2/t13-,15?/m1/s1. The van der Waals surface area contributed by atoms with Gasteiger partial charge in [0.1, 0.15) is 29.3 Å². The van der Waals surface area contributed by atoms with Crippen molar-refractivity contribution in [2.24, 2.45) is 5.73 Å². The lowest BCUT2D eigenvalue weighted by Crippen LogP contribution is -2.25. The molecule has 0 aliphatic carbocycles. The van der Waals surface area contributed by atoms with Gasteiger partial charge in [-0.05, 0) is 30.3 Å². The van der Waals surface area contributed by atoms with Crippen LogP contribution in [-0.2, 0) is 0 Å². The van der Waals surface area contributed by atoms with Gasteiger partial charge in [0, 0.05) is 29.7 Å². The largest absolute Gasteiger partial charge is 0.485 e. The summed E-state index contributed by atoms with van der Waals surface area (Å²) in [6.07, 6.45) is -0.303. The van der Waals surface area contributed by atoms with E-state index in [4.69, 9.17) is 10.5 Å². The Morgan fingerprint density at radius 2 is 1.65 bits per heavy atom. The zero-order valence-corrected chi connectivity index (χ0v) is 10.4. The molecule has 0 radical (unpaired) electrons. The van der Waals surface area contributed by atoms with Gasteiger partial charge in [0.25, 0.3) is 0 Å². The summed E-state index contributed by atoms with van der Waals surface area (Å²) in [5.74, 6) is -1.28. The second-order valence-corrected chi connectivity index (χ2v) is 4.80. The van der Waals surface area contributed by atoms with Gasteiger partial charge in [-0.15, -0.1) is 0 Å². The number of halogens is 3. The molecule has 1 unspecified atom stereocenters. The van der Waals surface area contributed by atoms with Crippen molar-refractivity contribution in [2.75, 3.05) is 0 Å². The predicted molar refractivity (Wildman–Crippen MR) is 67.7 cm³/mol. The second-order valence-electron chi connectivity index (χ2n) is 4.80. The minimum absolute atomic E-state index is 0.247. The van der Waals surface area contributed by atoms with E-state index in [-0.39, 0.29) is 5.56 Å². The fourth-order valence-corrected chi connectivity index (χ4v) is 2.43. The molecule has 0 aromatic heterocycles. The van der Waals surface area contributed by atoms with E-state index in [1.54, 1.807) is 0 Å². The highest BCUT2D eigenvalue weighted by molar-refractivity contribution is 5.39. The van der Waals surface area contributed by atoms with Gasteiger partial charge in [-0.1, -0.05) is 0 Å². The van der Waals surface area contributed by atoms with Crippen LogP contribution < -0.4 is 10.5 Å². The highest BCUT2D eigenvalue weighted by Crippen LogP contribution is 2.40. The number of hydrogen-bond donors (Lipinski definition) is 1. The lowest BCUT2D eigenvalue weighted by Gasteiger charge is -2.30. The first-order valence-corrected chi connectivity index (χ1v) is 6.21. The third kappa shape index (κ3) is 2.25. The van der Waals surface area contributed by atoms with E-state index in [9.17, 15) is 13.2 Å². The molecule has 2 N–H and O–H groups in total. The van der Waals surface area contributed by atoms with Crippen molar-refractivity contribution < 1.29 is 17.9 Å². The average Bonchev–Trinajstić information content (AvgIpc) is 2.39. The second kappa shape index (κ2) is 4.83. The van der Waals surface area contributed by atoms with Gasteiger partial charge in [-0.3, -0.25) is 0 Å². The number of hydrogen-bond acceptors (Lipinski definition) is 2. The van der Waals surface area contributed by atoms with Gasteiger partial charge in [-0.2, -0.15) is 0 Å². The first-order valence-electron chi connectivity index (χ1n) is 6.21. The molecule has 1 aliphatic heterocycles. The molecular weight excluding hydrogens is 267 g/mol. The van der Waals surface area contributed by atoms with Gasteiger partial charge >= 0.3 is 0 Å². The Labute approximate surface area is 114 Å². The maximum absolute atomic E-state index is 13.8. The number of nitrogens with two attached hydrogens (primary N) is 1. The van der Waals surface area contributed by atoms with Crippen molar-refractivity contribution >= 4 is 0 Å². The Morgan fingerprint density at radius 1 is 0.950 bits per heavy atom. The molecular formula is C15H12F3NO. The Bertz CT molecular complexity index is 660. The average molecular weight is 279 g/mol. The molecule has 2 nitrogen and oxygen atoms in total. The number of benzene rings is 2. The minimum Gasteiger partial charge on any atom is -0.485 e. The van der Waals surface area contributed by atoms with Gasteiger partial charge in [0.2, 0.25) is 0 Å². The lowest BCUT2D eigenvalue weighted by atomic mass is 9.93. The molecule has 20 heavy (non-hydrogen) atoms. The molecule has 0 bridgehead atoms. The molecule has 1 heterocycles. The maximum atomic E-state index is 13.8. The molecule has 5 heteroatoms. The van der Waals surface area contributed by atoms with E-state index >= 15 is 0 Å². The summed E-state index contributed by atoms with van der Waals surface area (Å²) in [6, 6.07) is 6.92. The highest BCUT2D eigenvalue weighted by atomic mass is 19.1. The molecule has 0 saturated carbocycles. The molecule has 2 aromatic carbocycles. The summed E-state index contributed by atoms with van der Waals surface area (Å²) in [6.45, 7) is 0. The summed E-state index contributed by atoms with van der Waals surface area (Å²) in [5, 5.41) is 0. The van der Waals surface area contributed by atoms with Crippen LogP contribution in [0.2, 0.25) is 0 Å². The Hall–Kier alpha value is -2.01. The zero-order chi connectivity index (χ0) is 14.3. The normalized spacial score (nSPS) is 21.2. The summed E-state index contributed by atoms with van der Waals surface area (Å²) in [5.41, 5.74) is 6.79. The van der Waals surface area contributed by atoms with Crippen LogP contribution in [0.5, 0.6) is 5.75 Å². The van der Waals surface area contributed by atoms with Crippen molar-refractivity contribution in [1.82, 2.24) is 0 Å². The van der Waals surface area contributed by atoms with Crippen LogP contribution in [0.1, 0.15) is 29.7 Å². The monoisotopic (exact) mass is 279 g/mol. The Balaban J connectivity index is 1.97. The number of rotatable bonds is 1. The van der Waals surface area contributed by atoms with Crippen molar-refractivity contribution in [3.63, 3.8) is 0 Å². The third-order valence-electron chi connectivity index (χ3n) is 3.42. The van der Waals surface area contributed by atoms with Crippen LogP contribution in [0.4, 0.5) is 13.2 Å². The molecule has 1 aliphatic rings.